The van der Waals surface area contributed by atoms with Crippen molar-refractivity contribution in [1.82, 2.24) is 34.6 Å². The number of anilines is 2. The molecule has 0 saturated carbocycles. The molecule has 1 saturated heterocycles. The van der Waals surface area contributed by atoms with Crippen LogP contribution in [0.15, 0.2) is 16.6 Å². The maximum absolute atomic E-state index is 13.3. The molecule has 3 N–H and O–H groups in total. The number of hydrogen-bond donors (Lipinski definition) is 2. The number of carbonyl (C=O) groups is 2. The van der Waals surface area contributed by atoms with E-state index >= 15 is 0 Å². The summed E-state index contributed by atoms with van der Waals surface area (Å²) < 4.78 is 12.6. The number of nitrogen functional groups attached to an aromatic ring is 1. The predicted molar refractivity (Wildman–Crippen MR) is 154 cm³/mol. The van der Waals surface area contributed by atoms with Gasteiger partial charge in [-0.25, -0.2) is 14.6 Å². The molecule has 0 spiro atoms. The molecule has 0 aromatic carbocycles. The molecule has 4 aromatic rings. The molecule has 6 heterocycles. The van der Waals surface area contributed by atoms with Crippen molar-refractivity contribution in [2.75, 3.05) is 44.5 Å². The molecule has 1 unspecified atom stereocenters. The Kier molecular flexibility index (Phi) is 7.48. The summed E-state index contributed by atoms with van der Waals surface area (Å²) >= 11 is 2.62. The molecule has 1 atom stereocenters. The number of hydrogen-bond acceptors (Lipinski definition) is 12. The first-order valence-electron chi connectivity index (χ1n) is 13.1. The Hall–Kier alpha value is -3.82. The summed E-state index contributed by atoms with van der Waals surface area (Å²) in [6, 6.07) is 0. The summed E-state index contributed by atoms with van der Waals surface area (Å²) in [4.78, 5) is 45.6. The van der Waals surface area contributed by atoms with Gasteiger partial charge in [-0.3, -0.25) is 14.6 Å². The molecule has 2 aliphatic rings. The van der Waals surface area contributed by atoms with Crippen molar-refractivity contribution in [2.24, 2.45) is 0 Å². The highest BCUT2D eigenvalue weighted by atomic mass is 32.2. The lowest BCUT2D eigenvalue weighted by molar-refractivity contribution is -0.134. The van der Waals surface area contributed by atoms with Crippen molar-refractivity contribution < 1.29 is 19.1 Å². The van der Waals surface area contributed by atoms with Gasteiger partial charge in [0.2, 0.25) is 17.8 Å². The molecule has 2 amide bonds. The molecule has 4 aromatic heterocycles. The molecule has 6 rings (SSSR count). The second-order valence-electron chi connectivity index (χ2n) is 9.85. The Morgan fingerprint density at radius 1 is 1.22 bits per heavy atom. The number of pyridine rings is 1. The van der Waals surface area contributed by atoms with Crippen LogP contribution in [-0.2, 0) is 33.7 Å². The second-order valence-corrected chi connectivity index (χ2v) is 11.9. The number of methoxy groups -OCH3 is 1. The number of carbonyl (C=O) groups excluding carboxylic acids is 2. The van der Waals surface area contributed by atoms with E-state index in [2.05, 4.69) is 25.3 Å². The third kappa shape index (κ3) is 5.44. The fourth-order valence-electron chi connectivity index (χ4n) is 5.05. The van der Waals surface area contributed by atoms with Crippen LogP contribution in [-0.4, -0.2) is 85.1 Å². The molecule has 0 bridgehead atoms. The molecule has 1 fully saturated rings. The minimum atomic E-state index is -0.495. The zero-order valence-electron chi connectivity index (χ0n) is 22.8. The molecule has 214 valence electrons. The summed E-state index contributed by atoms with van der Waals surface area (Å²) in [6.45, 7) is 6.54. The van der Waals surface area contributed by atoms with Gasteiger partial charge in [-0.1, -0.05) is 11.8 Å². The second kappa shape index (κ2) is 11.2. The first-order valence-corrected chi connectivity index (χ1v) is 14.9. The van der Waals surface area contributed by atoms with Crippen LogP contribution in [0, 0.1) is 13.8 Å². The van der Waals surface area contributed by atoms with Gasteiger partial charge in [0.25, 0.3) is 0 Å². The van der Waals surface area contributed by atoms with Crippen molar-refractivity contribution in [3.05, 3.63) is 39.8 Å². The number of rotatable bonds is 7. The Labute approximate surface area is 243 Å². The summed E-state index contributed by atoms with van der Waals surface area (Å²) in [5, 5.41) is 10.9. The lowest BCUT2D eigenvalue weighted by atomic mass is 10.1. The van der Waals surface area contributed by atoms with Gasteiger partial charge >= 0.3 is 0 Å². The van der Waals surface area contributed by atoms with Crippen molar-refractivity contribution in [2.45, 2.75) is 43.5 Å². The quantitative estimate of drug-likeness (QED) is 0.300. The van der Waals surface area contributed by atoms with E-state index in [4.69, 9.17) is 20.3 Å². The van der Waals surface area contributed by atoms with E-state index in [1.54, 1.807) is 28.3 Å². The molecule has 2 aliphatic heterocycles. The van der Waals surface area contributed by atoms with Gasteiger partial charge in [0.05, 0.1) is 61.0 Å². The largest absolute Gasteiger partial charge is 0.496 e. The Morgan fingerprint density at radius 3 is 2.80 bits per heavy atom. The van der Waals surface area contributed by atoms with Crippen LogP contribution < -0.4 is 15.8 Å². The number of aromatic nitrogens is 6. The maximum atomic E-state index is 13.3. The third-order valence-electron chi connectivity index (χ3n) is 7.10. The normalized spacial score (nSPS) is 16.7. The van der Waals surface area contributed by atoms with Crippen LogP contribution in [0.3, 0.4) is 0 Å². The first kappa shape index (κ1) is 27.4. The first-order chi connectivity index (χ1) is 19.8. The molecule has 13 nitrogen and oxygen atoms in total. The van der Waals surface area contributed by atoms with Crippen LogP contribution in [0.25, 0.3) is 11.0 Å². The summed E-state index contributed by atoms with van der Waals surface area (Å²) in [5.41, 5.74) is 10.7. The maximum Gasteiger partial charge on any atom is 0.240 e. The molecular formula is C26H29N9O4S2. The highest BCUT2D eigenvalue weighted by Crippen LogP contribution is 2.39. The number of nitrogens with two attached hydrogens (primary N) is 1. The van der Waals surface area contributed by atoms with Gasteiger partial charge in [-0.2, -0.15) is 10.1 Å². The topological polar surface area (TPSA) is 163 Å². The van der Waals surface area contributed by atoms with Gasteiger partial charge in [-0.05, 0) is 13.8 Å². The zero-order chi connectivity index (χ0) is 28.7. The predicted octanol–water partition coefficient (Wildman–Crippen LogP) is 1.99. The number of thioether (sulfide) groups is 1. The number of aryl methyl sites for hydroxylation is 1. The lowest BCUT2D eigenvalue weighted by Crippen LogP contribution is -2.41. The smallest absolute Gasteiger partial charge is 0.240 e. The minimum Gasteiger partial charge on any atom is -0.496 e. The number of morpholine rings is 1. The van der Waals surface area contributed by atoms with Gasteiger partial charge in [0, 0.05) is 42.2 Å². The fourth-order valence-corrected chi connectivity index (χ4v) is 6.91. The molecule has 0 radical (unpaired) electrons. The van der Waals surface area contributed by atoms with E-state index < -0.39 is 5.25 Å². The van der Waals surface area contributed by atoms with E-state index in [1.165, 1.54) is 23.1 Å². The number of ether oxygens (including phenoxy) is 2. The Bertz CT molecular complexity index is 1650. The summed E-state index contributed by atoms with van der Waals surface area (Å²) in [5.74, 6) is 0.673. The molecular weight excluding hydrogens is 566 g/mol. The molecule has 41 heavy (non-hydrogen) atoms. The number of nitrogens with zero attached hydrogens (tertiary/aromatic N) is 7. The highest BCUT2D eigenvalue weighted by molar-refractivity contribution is 8.00. The van der Waals surface area contributed by atoms with Gasteiger partial charge in [0.1, 0.15) is 10.8 Å². The standard InChI is InChI=1S/C26H29N9O4S2/c1-13-10-28-17(14(2)21(13)38-3)11-35-22-20-16(33-35)9-18(41-24(20)32-25(27)30-22)23(37)31-26-29-15(12-40-26)8-19(36)34-4-6-39-7-5-34/h10,12,18H,4-9,11H2,1-3H3,(H2,27,30,32)(H,29,31,37). The fraction of sp³-hybridized carbons (Fsp3) is 0.423. The monoisotopic (exact) mass is 595 g/mol. The van der Waals surface area contributed by atoms with Crippen molar-refractivity contribution in [1.29, 1.82) is 0 Å². The molecule has 0 aliphatic carbocycles. The highest BCUT2D eigenvalue weighted by Gasteiger charge is 2.33. The zero-order valence-corrected chi connectivity index (χ0v) is 24.5. The third-order valence-corrected chi connectivity index (χ3v) is 9.09. The van der Waals surface area contributed by atoms with Crippen LogP contribution in [0.1, 0.15) is 28.2 Å². The number of thiazole rings is 1. The summed E-state index contributed by atoms with van der Waals surface area (Å²) in [6.07, 6.45) is 2.35. The van der Waals surface area contributed by atoms with Crippen LogP contribution >= 0.6 is 23.1 Å². The van der Waals surface area contributed by atoms with E-state index in [1.807, 2.05) is 13.8 Å². The Balaban J connectivity index is 1.18. The lowest BCUT2D eigenvalue weighted by Gasteiger charge is -2.26. The van der Waals surface area contributed by atoms with E-state index in [0.717, 1.165) is 33.7 Å². The van der Waals surface area contributed by atoms with E-state index in [-0.39, 0.29) is 24.2 Å². The average molecular weight is 596 g/mol. The summed E-state index contributed by atoms with van der Waals surface area (Å²) in [7, 11) is 1.64. The number of amides is 2. The van der Waals surface area contributed by atoms with E-state index in [0.29, 0.717) is 60.8 Å². The van der Waals surface area contributed by atoms with Crippen LogP contribution in [0.5, 0.6) is 5.75 Å². The van der Waals surface area contributed by atoms with Gasteiger partial charge < -0.3 is 25.4 Å². The van der Waals surface area contributed by atoms with Crippen molar-refractivity contribution in [3.8, 4) is 5.75 Å². The van der Waals surface area contributed by atoms with Crippen LogP contribution in [0.4, 0.5) is 11.1 Å². The van der Waals surface area contributed by atoms with Crippen LogP contribution in [0.2, 0.25) is 0 Å². The number of nitrogens with one attached hydrogen (secondary N) is 1. The SMILES string of the molecule is COc1c(C)cnc(Cn2nc3c4c(nc(N)nc42)SC(C(=O)Nc2nc(CC(=O)N4CCOCC4)cs2)C3)c1C. The van der Waals surface area contributed by atoms with Crippen molar-refractivity contribution in [3.63, 3.8) is 0 Å². The molecule has 15 heteroatoms. The minimum absolute atomic E-state index is 0.00210. The van der Waals surface area contributed by atoms with E-state index in [9.17, 15) is 9.59 Å². The average Bonchev–Trinajstić information content (AvgIpc) is 3.54. The van der Waals surface area contributed by atoms with Crippen molar-refractivity contribution >= 4 is 57.0 Å². The van der Waals surface area contributed by atoms with Gasteiger partial charge in [-0.15, -0.1) is 11.3 Å². The Morgan fingerprint density at radius 2 is 2.02 bits per heavy atom. The van der Waals surface area contributed by atoms with Gasteiger partial charge in [0.15, 0.2) is 10.8 Å².